The molecular formula is C12H26N2O2S. The predicted molar refractivity (Wildman–Crippen MR) is 71.5 cm³/mol. The van der Waals surface area contributed by atoms with Crippen molar-refractivity contribution in [1.82, 2.24) is 10.0 Å². The highest BCUT2D eigenvalue weighted by atomic mass is 32.2. The maximum Gasteiger partial charge on any atom is 0.211 e. The molecule has 0 bridgehead atoms. The van der Waals surface area contributed by atoms with Crippen LogP contribution in [0.4, 0.5) is 0 Å². The highest BCUT2D eigenvalue weighted by Gasteiger charge is 2.22. The number of sulfonamides is 1. The Hall–Kier alpha value is -0.130. The summed E-state index contributed by atoms with van der Waals surface area (Å²) >= 11 is 0. The molecular weight excluding hydrogens is 236 g/mol. The topological polar surface area (TPSA) is 58.2 Å². The molecule has 0 heterocycles. The van der Waals surface area contributed by atoms with E-state index >= 15 is 0 Å². The van der Waals surface area contributed by atoms with Gasteiger partial charge in [0.05, 0.1) is 5.75 Å². The molecule has 102 valence electrons. The third-order valence-electron chi connectivity index (χ3n) is 3.49. The van der Waals surface area contributed by atoms with Gasteiger partial charge < -0.3 is 5.32 Å². The molecule has 17 heavy (non-hydrogen) atoms. The third kappa shape index (κ3) is 6.38. The molecule has 1 aliphatic rings. The largest absolute Gasteiger partial charge is 0.320 e. The first-order valence-corrected chi connectivity index (χ1v) is 8.30. The van der Waals surface area contributed by atoms with Gasteiger partial charge in [0.25, 0.3) is 0 Å². The van der Waals surface area contributed by atoms with Crippen molar-refractivity contribution in [2.75, 3.05) is 25.9 Å². The summed E-state index contributed by atoms with van der Waals surface area (Å²) in [5.41, 5.74) is 0. The SMILES string of the molecule is CNCCCCS(=O)(=O)NCC1CCC(C)C1. The van der Waals surface area contributed by atoms with Crippen LogP contribution in [-0.4, -0.2) is 34.3 Å². The van der Waals surface area contributed by atoms with E-state index in [1.807, 2.05) is 7.05 Å². The van der Waals surface area contributed by atoms with E-state index in [1.165, 1.54) is 19.3 Å². The Kier molecular flexibility index (Phi) is 6.44. The number of nitrogens with one attached hydrogen (secondary N) is 2. The van der Waals surface area contributed by atoms with E-state index in [1.54, 1.807) is 0 Å². The Morgan fingerprint density at radius 2 is 2.00 bits per heavy atom. The highest BCUT2D eigenvalue weighted by molar-refractivity contribution is 7.89. The van der Waals surface area contributed by atoms with Crippen molar-refractivity contribution in [2.24, 2.45) is 11.8 Å². The molecule has 0 aliphatic heterocycles. The minimum Gasteiger partial charge on any atom is -0.320 e. The van der Waals surface area contributed by atoms with Crippen LogP contribution in [0, 0.1) is 11.8 Å². The van der Waals surface area contributed by atoms with Crippen molar-refractivity contribution in [1.29, 1.82) is 0 Å². The molecule has 0 radical (unpaired) electrons. The van der Waals surface area contributed by atoms with Gasteiger partial charge in [-0.25, -0.2) is 13.1 Å². The molecule has 0 saturated heterocycles. The average molecular weight is 262 g/mol. The number of rotatable bonds is 8. The molecule has 2 unspecified atom stereocenters. The second kappa shape index (κ2) is 7.34. The van der Waals surface area contributed by atoms with Gasteiger partial charge in [-0.3, -0.25) is 0 Å². The average Bonchev–Trinajstić information content (AvgIpc) is 2.68. The summed E-state index contributed by atoms with van der Waals surface area (Å²) in [7, 11) is -1.16. The zero-order valence-corrected chi connectivity index (χ0v) is 11.9. The molecule has 1 rings (SSSR count). The van der Waals surface area contributed by atoms with Crippen LogP contribution in [0.1, 0.15) is 39.0 Å². The maximum absolute atomic E-state index is 11.7. The number of unbranched alkanes of at least 4 members (excludes halogenated alkanes) is 1. The lowest BCUT2D eigenvalue weighted by Crippen LogP contribution is -2.30. The van der Waals surface area contributed by atoms with Crippen LogP contribution in [0.25, 0.3) is 0 Å². The Bertz CT molecular complexity index is 304. The van der Waals surface area contributed by atoms with Crippen LogP contribution in [0.2, 0.25) is 0 Å². The molecule has 0 aromatic heterocycles. The first-order valence-electron chi connectivity index (χ1n) is 6.65. The van der Waals surface area contributed by atoms with Crippen LogP contribution < -0.4 is 10.0 Å². The van der Waals surface area contributed by atoms with Gasteiger partial charge in [0.15, 0.2) is 0 Å². The van der Waals surface area contributed by atoms with Gasteiger partial charge in [-0.15, -0.1) is 0 Å². The monoisotopic (exact) mass is 262 g/mol. The summed E-state index contributed by atoms with van der Waals surface area (Å²) in [6.07, 6.45) is 5.23. The Balaban J connectivity index is 2.16. The zero-order chi connectivity index (χ0) is 12.7. The summed E-state index contributed by atoms with van der Waals surface area (Å²) in [5.74, 6) is 1.58. The van der Waals surface area contributed by atoms with Gasteiger partial charge in [-0.05, 0) is 51.1 Å². The van der Waals surface area contributed by atoms with Crippen molar-refractivity contribution in [3.63, 3.8) is 0 Å². The summed E-state index contributed by atoms with van der Waals surface area (Å²) in [5, 5.41) is 3.02. The van der Waals surface area contributed by atoms with Crippen LogP contribution in [0.15, 0.2) is 0 Å². The first kappa shape index (κ1) is 14.9. The summed E-state index contributed by atoms with van der Waals surface area (Å²) in [4.78, 5) is 0. The van der Waals surface area contributed by atoms with E-state index < -0.39 is 10.0 Å². The lowest BCUT2D eigenvalue weighted by molar-refractivity contribution is 0.497. The molecule has 5 heteroatoms. The van der Waals surface area contributed by atoms with Crippen LogP contribution in [-0.2, 0) is 10.0 Å². The van der Waals surface area contributed by atoms with Crippen molar-refractivity contribution < 1.29 is 8.42 Å². The standard InChI is InChI=1S/C12H26N2O2S/c1-11-5-6-12(9-11)10-14-17(15,16)8-4-3-7-13-2/h11-14H,3-10H2,1-2H3. The van der Waals surface area contributed by atoms with Gasteiger partial charge in [0.2, 0.25) is 10.0 Å². The molecule has 0 aromatic rings. The molecule has 0 spiro atoms. The lowest BCUT2D eigenvalue weighted by atomic mass is 10.1. The van der Waals surface area contributed by atoms with Crippen molar-refractivity contribution in [3.05, 3.63) is 0 Å². The van der Waals surface area contributed by atoms with Crippen LogP contribution >= 0.6 is 0 Å². The van der Waals surface area contributed by atoms with E-state index in [9.17, 15) is 8.42 Å². The van der Waals surface area contributed by atoms with E-state index in [-0.39, 0.29) is 5.75 Å². The first-order chi connectivity index (χ1) is 8.03. The second-order valence-electron chi connectivity index (χ2n) is 5.26. The summed E-state index contributed by atoms with van der Waals surface area (Å²) < 4.78 is 26.2. The van der Waals surface area contributed by atoms with Gasteiger partial charge in [0, 0.05) is 6.54 Å². The molecule has 0 aromatic carbocycles. The number of hydrogen-bond acceptors (Lipinski definition) is 3. The van der Waals surface area contributed by atoms with Crippen LogP contribution in [0.3, 0.4) is 0 Å². The van der Waals surface area contributed by atoms with Crippen molar-refractivity contribution in [2.45, 2.75) is 39.0 Å². The van der Waals surface area contributed by atoms with Gasteiger partial charge >= 0.3 is 0 Å². The minimum absolute atomic E-state index is 0.261. The fraction of sp³-hybridized carbons (Fsp3) is 1.00. The predicted octanol–water partition coefficient (Wildman–Crippen LogP) is 1.34. The zero-order valence-electron chi connectivity index (χ0n) is 11.0. The third-order valence-corrected chi connectivity index (χ3v) is 4.92. The van der Waals surface area contributed by atoms with E-state index in [2.05, 4.69) is 17.0 Å². The molecule has 1 aliphatic carbocycles. The van der Waals surface area contributed by atoms with Crippen LogP contribution in [0.5, 0.6) is 0 Å². The smallest absolute Gasteiger partial charge is 0.211 e. The fourth-order valence-electron chi connectivity index (χ4n) is 2.42. The Morgan fingerprint density at radius 1 is 1.24 bits per heavy atom. The van der Waals surface area contributed by atoms with E-state index in [4.69, 9.17) is 0 Å². The molecule has 2 atom stereocenters. The fourth-order valence-corrected chi connectivity index (χ4v) is 3.64. The molecule has 1 fully saturated rings. The molecule has 1 saturated carbocycles. The Morgan fingerprint density at radius 3 is 2.59 bits per heavy atom. The van der Waals surface area contributed by atoms with E-state index in [0.29, 0.717) is 12.5 Å². The minimum atomic E-state index is -3.04. The molecule has 2 N–H and O–H groups in total. The number of hydrogen-bond donors (Lipinski definition) is 2. The second-order valence-corrected chi connectivity index (χ2v) is 7.19. The highest BCUT2D eigenvalue weighted by Crippen LogP contribution is 2.29. The van der Waals surface area contributed by atoms with E-state index in [0.717, 1.165) is 25.3 Å². The maximum atomic E-state index is 11.7. The molecule has 0 amide bonds. The molecule has 4 nitrogen and oxygen atoms in total. The van der Waals surface area contributed by atoms with Gasteiger partial charge in [-0.2, -0.15) is 0 Å². The summed E-state index contributed by atoms with van der Waals surface area (Å²) in [6, 6.07) is 0. The van der Waals surface area contributed by atoms with Gasteiger partial charge in [-0.1, -0.05) is 13.3 Å². The van der Waals surface area contributed by atoms with Crippen molar-refractivity contribution in [3.8, 4) is 0 Å². The normalized spacial score (nSPS) is 25.3. The Labute approximate surface area is 106 Å². The quantitative estimate of drug-likeness (QED) is 0.649. The van der Waals surface area contributed by atoms with Crippen molar-refractivity contribution >= 4 is 10.0 Å². The summed E-state index contributed by atoms with van der Waals surface area (Å²) in [6.45, 7) is 3.76. The lowest BCUT2D eigenvalue weighted by Gasteiger charge is -2.11. The van der Waals surface area contributed by atoms with Gasteiger partial charge in [0.1, 0.15) is 0 Å².